The van der Waals surface area contributed by atoms with Gasteiger partial charge in [0.2, 0.25) is 5.91 Å². The molecule has 1 amide bonds. The fourth-order valence-electron chi connectivity index (χ4n) is 2.41. The number of amides is 1. The van der Waals surface area contributed by atoms with Crippen molar-refractivity contribution in [2.45, 2.75) is 32.7 Å². The van der Waals surface area contributed by atoms with E-state index >= 15 is 0 Å². The van der Waals surface area contributed by atoms with E-state index in [2.05, 4.69) is 19.1 Å². The van der Waals surface area contributed by atoms with Gasteiger partial charge in [-0.05, 0) is 17.5 Å². The first-order valence-corrected chi connectivity index (χ1v) is 6.68. The first-order chi connectivity index (χ1) is 9.10. The highest BCUT2D eigenvalue weighted by Crippen LogP contribution is 2.20. The van der Waals surface area contributed by atoms with Gasteiger partial charge in [-0.1, -0.05) is 37.6 Å². The second-order valence-electron chi connectivity index (χ2n) is 5.08. The van der Waals surface area contributed by atoms with Crippen molar-refractivity contribution in [2.24, 2.45) is 5.92 Å². The maximum Gasteiger partial charge on any atom is 0.308 e. The molecule has 1 unspecified atom stereocenters. The van der Waals surface area contributed by atoms with Crippen LogP contribution in [0.2, 0.25) is 0 Å². The largest absolute Gasteiger partial charge is 0.481 e. The van der Waals surface area contributed by atoms with Gasteiger partial charge in [-0.3, -0.25) is 9.59 Å². The Kier molecular flexibility index (Phi) is 4.20. The van der Waals surface area contributed by atoms with Crippen molar-refractivity contribution in [1.29, 1.82) is 0 Å². The normalized spacial score (nSPS) is 18.9. The fourth-order valence-corrected chi connectivity index (χ4v) is 2.41. The molecule has 0 aromatic heterocycles. The average Bonchev–Trinajstić information content (AvgIpc) is 2.74. The summed E-state index contributed by atoms with van der Waals surface area (Å²) in [5.74, 6) is -1.49. The number of likely N-dealkylation sites (tertiary alicyclic amines) is 1. The van der Waals surface area contributed by atoms with Gasteiger partial charge in [-0.2, -0.15) is 0 Å². The number of carbonyl (C=O) groups is 2. The Morgan fingerprint density at radius 2 is 1.95 bits per heavy atom. The molecule has 0 radical (unpaired) electrons. The number of hydrogen-bond donors (Lipinski definition) is 1. The number of carboxylic acid groups (broad SMARTS) is 1. The van der Waals surface area contributed by atoms with E-state index in [9.17, 15) is 9.59 Å². The summed E-state index contributed by atoms with van der Waals surface area (Å²) in [6, 6.07) is 8.20. The van der Waals surface area contributed by atoms with Crippen molar-refractivity contribution in [3.05, 3.63) is 35.4 Å². The number of aryl methyl sites for hydroxylation is 1. The van der Waals surface area contributed by atoms with E-state index in [1.165, 1.54) is 5.56 Å². The van der Waals surface area contributed by atoms with Gasteiger partial charge in [-0.15, -0.1) is 0 Å². The predicted octanol–water partition coefficient (Wildman–Crippen LogP) is 2.07. The molecular formula is C15H19NO3. The molecule has 2 rings (SSSR count). The van der Waals surface area contributed by atoms with Gasteiger partial charge >= 0.3 is 5.97 Å². The zero-order valence-corrected chi connectivity index (χ0v) is 11.1. The summed E-state index contributed by atoms with van der Waals surface area (Å²) in [5.41, 5.74) is 2.35. The van der Waals surface area contributed by atoms with Gasteiger partial charge in [0.05, 0.1) is 5.92 Å². The molecule has 1 fully saturated rings. The van der Waals surface area contributed by atoms with Crippen LogP contribution in [-0.2, 0) is 22.6 Å². The molecule has 102 valence electrons. The highest BCUT2D eigenvalue weighted by Gasteiger charge is 2.33. The van der Waals surface area contributed by atoms with Crippen molar-refractivity contribution in [3.8, 4) is 0 Å². The predicted molar refractivity (Wildman–Crippen MR) is 71.6 cm³/mol. The van der Waals surface area contributed by atoms with Crippen LogP contribution in [0, 0.1) is 5.92 Å². The van der Waals surface area contributed by atoms with Crippen LogP contribution in [0.25, 0.3) is 0 Å². The summed E-state index contributed by atoms with van der Waals surface area (Å²) in [4.78, 5) is 24.2. The number of rotatable bonds is 5. The maximum atomic E-state index is 11.7. The number of carbonyl (C=O) groups excluding carboxylic acids is 1. The molecule has 1 N–H and O–H groups in total. The van der Waals surface area contributed by atoms with Gasteiger partial charge in [0.15, 0.2) is 0 Å². The minimum absolute atomic E-state index is 0.0648. The smallest absolute Gasteiger partial charge is 0.308 e. The molecule has 19 heavy (non-hydrogen) atoms. The monoisotopic (exact) mass is 261 g/mol. The molecule has 1 aliphatic heterocycles. The summed E-state index contributed by atoms with van der Waals surface area (Å²) < 4.78 is 0. The minimum Gasteiger partial charge on any atom is -0.481 e. The van der Waals surface area contributed by atoms with Crippen molar-refractivity contribution < 1.29 is 14.7 Å². The molecule has 1 atom stereocenters. The molecule has 0 saturated carbocycles. The lowest BCUT2D eigenvalue weighted by atomic mass is 10.1. The topological polar surface area (TPSA) is 57.6 Å². The molecule has 1 aromatic rings. The van der Waals surface area contributed by atoms with Crippen LogP contribution in [-0.4, -0.2) is 28.4 Å². The highest BCUT2D eigenvalue weighted by atomic mass is 16.4. The molecule has 0 aliphatic carbocycles. The quantitative estimate of drug-likeness (QED) is 0.882. The molecule has 1 saturated heterocycles. The summed E-state index contributed by atoms with van der Waals surface area (Å²) >= 11 is 0. The van der Waals surface area contributed by atoms with Gasteiger partial charge in [0, 0.05) is 19.5 Å². The van der Waals surface area contributed by atoms with Gasteiger partial charge in [0.1, 0.15) is 0 Å². The Morgan fingerprint density at radius 3 is 2.47 bits per heavy atom. The first kappa shape index (κ1) is 13.6. The number of benzene rings is 1. The van der Waals surface area contributed by atoms with Crippen LogP contribution < -0.4 is 0 Å². The van der Waals surface area contributed by atoms with Crippen LogP contribution in [0.3, 0.4) is 0 Å². The second-order valence-corrected chi connectivity index (χ2v) is 5.08. The number of aliphatic carboxylic acids is 1. The van der Waals surface area contributed by atoms with Crippen molar-refractivity contribution in [1.82, 2.24) is 4.90 Å². The summed E-state index contributed by atoms with van der Waals surface area (Å²) in [6.45, 7) is 2.97. The minimum atomic E-state index is -0.880. The van der Waals surface area contributed by atoms with Crippen molar-refractivity contribution in [3.63, 3.8) is 0 Å². The Balaban J connectivity index is 1.97. The lowest BCUT2D eigenvalue weighted by molar-refractivity contribution is -0.141. The lowest BCUT2D eigenvalue weighted by Gasteiger charge is -2.16. The Morgan fingerprint density at radius 1 is 1.32 bits per heavy atom. The van der Waals surface area contributed by atoms with Crippen LogP contribution in [0.15, 0.2) is 24.3 Å². The SMILES string of the molecule is CCCc1ccc(CN2CC(C(=O)O)CC2=O)cc1. The van der Waals surface area contributed by atoms with Crippen molar-refractivity contribution in [2.75, 3.05) is 6.54 Å². The second kappa shape index (κ2) is 5.87. The van der Waals surface area contributed by atoms with Crippen LogP contribution in [0.1, 0.15) is 30.9 Å². The number of carboxylic acids is 1. The number of hydrogen-bond acceptors (Lipinski definition) is 2. The zero-order valence-electron chi connectivity index (χ0n) is 11.1. The standard InChI is InChI=1S/C15H19NO3/c1-2-3-11-4-6-12(7-5-11)9-16-10-13(15(18)19)8-14(16)17/h4-7,13H,2-3,8-10H2,1H3,(H,18,19). The van der Waals surface area contributed by atoms with E-state index < -0.39 is 11.9 Å². The van der Waals surface area contributed by atoms with Crippen molar-refractivity contribution >= 4 is 11.9 Å². The zero-order chi connectivity index (χ0) is 13.8. The van der Waals surface area contributed by atoms with E-state index in [1.54, 1.807) is 4.90 Å². The van der Waals surface area contributed by atoms with E-state index in [4.69, 9.17) is 5.11 Å². The summed E-state index contributed by atoms with van der Waals surface area (Å²) in [7, 11) is 0. The van der Waals surface area contributed by atoms with Gasteiger partial charge in [-0.25, -0.2) is 0 Å². The molecule has 1 aromatic carbocycles. The average molecular weight is 261 g/mol. The summed E-state index contributed by atoms with van der Waals surface area (Å²) in [5, 5.41) is 8.93. The van der Waals surface area contributed by atoms with E-state index in [0.717, 1.165) is 18.4 Å². The van der Waals surface area contributed by atoms with E-state index in [-0.39, 0.29) is 12.3 Å². The molecule has 4 nitrogen and oxygen atoms in total. The Bertz CT molecular complexity index is 467. The molecule has 4 heteroatoms. The van der Waals surface area contributed by atoms with Crippen LogP contribution in [0.4, 0.5) is 0 Å². The third-order valence-corrected chi connectivity index (χ3v) is 3.50. The summed E-state index contributed by atoms with van der Waals surface area (Å²) in [6.07, 6.45) is 2.30. The van der Waals surface area contributed by atoms with Crippen LogP contribution >= 0.6 is 0 Å². The van der Waals surface area contributed by atoms with E-state index in [0.29, 0.717) is 13.1 Å². The molecule has 1 heterocycles. The van der Waals surface area contributed by atoms with E-state index in [1.807, 2.05) is 12.1 Å². The molecule has 1 aliphatic rings. The molecular weight excluding hydrogens is 242 g/mol. The third kappa shape index (κ3) is 3.34. The van der Waals surface area contributed by atoms with Gasteiger partial charge < -0.3 is 10.0 Å². The first-order valence-electron chi connectivity index (χ1n) is 6.68. The highest BCUT2D eigenvalue weighted by molar-refractivity contribution is 5.86. The van der Waals surface area contributed by atoms with Gasteiger partial charge in [0.25, 0.3) is 0 Å². The Hall–Kier alpha value is -1.84. The fraction of sp³-hybridized carbons (Fsp3) is 0.467. The Labute approximate surface area is 113 Å². The lowest BCUT2D eigenvalue weighted by Crippen LogP contribution is -2.25. The van der Waals surface area contributed by atoms with Crippen LogP contribution in [0.5, 0.6) is 0 Å². The molecule has 0 spiro atoms. The number of nitrogens with zero attached hydrogens (tertiary/aromatic N) is 1. The third-order valence-electron chi connectivity index (χ3n) is 3.50. The molecule has 0 bridgehead atoms. The maximum absolute atomic E-state index is 11.7.